The highest BCUT2D eigenvalue weighted by molar-refractivity contribution is 7.18. The number of rotatable bonds is 2. The van der Waals surface area contributed by atoms with Crippen molar-refractivity contribution in [2.45, 2.75) is 19.5 Å². The van der Waals surface area contributed by atoms with Crippen molar-refractivity contribution >= 4 is 11.3 Å². The maximum Gasteiger partial charge on any atom is 0.447 e. The molecule has 4 nitrogen and oxygen atoms in total. The summed E-state index contributed by atoms with van der Waals surface area (Å²) in [5.41, 5.74) is 10.6. The second-order valence-electron chi connectivity index (χ2n) is 10.3. The lowest BCUT2D eigenvalue weighted by molar-refractivity contribution is -0.989. The summed E-state index contributed by atoms with van der Waals surface area (Å²) >= 11 is 1.87. The SMILES string of the molecule is Cc1cc2[n+](c(C)c1-c1ccc(-c3ccccc3)s1)C13c4c(cccc4-2)Oc2cccc(c21)-n1ccc[n+]13. The van der Waals surface area contributed by atoms with Gasteiger partial charge in [-0.3, -0.25) is 0 Å². The predicted octanol–water partition coefficient (Wildman–Crippen LogP) is 6.76. The fourth-order valence-corrected chi connectivity index (χ4v) is 8.25. The minimum absolute atomic E-state index is 0.541. The first kappa shape index (κ1) is 20.6. The van der Waals surface area contributed by atoms with Crippen LogP contribution in [0.3, 0.4) is 0 Å². The van der Waals surface area contributed by atoms with Gasteiger partial charge in [0, 0.05) is 28.8 Å². The third-order valence-electron chi connectivity index (χ3n) is 8.41. The van der Waals surface area contributed by atoms with Crippen LogP contribution >= 0.6 is 11.3 Å². The van der Waals surface area contributed by atoms with Crippen LogP contribution in [0.15, 0.2) is 103 Å². The van der Waals surface area contributed by atoms with Crippen LogP contribution in [0.4, 0.5) is 0 Å². The van der Waals surface area contributed by atoms with Crippen molar-refractivity contribution in [1.29, 1.82) is 0 Å². The summed E-state index contributed by atoms with van der Waals surface area (Å²) in [6.07, 6.45) is 4.36. The van der Waals surface area contributed by atoms with Crippen LogP contribution in [-0.2, 0) is 5.66 Å². The molecule has 3 aliphatic heterocycles. The number of aryl methyl sites for hydroxylation is 1. The average molecular weight is 510 g/mol. The van der Waals surface area contributed by atoms with Crippen molar-refractivity contribution in [1.82, 2.24) is 4.68 Å². The maximum absolute atomic E-state index is 6.59. The van der Waals surface area contributed by atoms with Crippen LogP contribution in [0.1, 0.15) is 22.4 Å². The van der Waals surface area contributed by atoms with Crippen molar-refractivity contribution in [2.24, 2.45) is 0 Å². The molecule has 0 fully saturated rings. The zero-order valence-electron chi connectivity index (χ0n) is 21.0. The first-order chi connectivity index (χ1) is 18.7. The van der Waals surface area contributed by atoms with Gasteiger partial charge in [0.05, 0.1) is 17.3 Å². The van der Waals surface area contributed by atoms with Gasteiger partial charge < -0.3 is 4.74 Å². The second-order valence-corrected chi connectivity index (χ2v) is 11.4. The van der Waals surface area contributed by atoms with Crippen LogP contribution in [-0.4, -0.2) is 4.68 Å². The Kier molecular flexibility index (Phi) is 3.72. The maximum atomic E-state index is 6.59. The van der Waals surface area contributed by atoms with Crippen molar-refractivity contribution in [2.75, 3.05) is 0 Å². The fraction of sp³-hybridized carbons (Fsp3) is 0.0909. The molecule has 0 radical (unpaired) electrons. The van der Waals surface area contributed by atoms with E-state index in [0.717, 1.165) is 17.2 Å². The first-order valence-corrected chi connectivity index (χ1v) is 13.8. The molecular formula is C33H23N3OS+2. The van der Waals surface area contributed by atoms with Gasteiger partial charge in [-0.2, -0.15) is 0 Å². The van der Waals surface area contributed by atoms with Crippen LogP contribution < -0.4 is 14.0 Å². The van der Waals surface area contributed by atoms with Crippen molar-refractivity contribution in [3.05, 3.63) is 126 Å². The normalized spacial score (nSPS) is 17.0. The first-order valence-electron chi connectivity index (χ1n) is 13.0. The highest BCUT2D eigenvalue weighted by Gasteiger charge is 2.72. The number of fused-ring (bicyclic) bond motifs is 4. The van der Waals surface area contributed by atoms with Crippen molar-refractivity contribution in [3.8, 4) is 49.3 Å². The van der Waals surface area contributed by atoms with E-state index in [1.165, 1.54) is 54.5 Å². The molecule has 0 bridgehead atoms. The predicted molar refractivity (Wildman–Crippen MR) is 148 cm³/mol. The van der Waals surface area contributed by atoms with Gasteiger partial charge in [0.15, 0.2) is 16.8 Å². The quantitative estimate of drug-likeness (QED) is 0.236. The molecule has 6 heterocycles. The molecule has 3 aromatic heterocycles. The summed E-state index contributed by atoms with van der Waals surface area (Å²) in [7, 11) is 0. The Balaban J connectivity index is 1.39. The molecule has 38 heavy (non-hydrogen) atoms. The summed E-state index contributed by atoms with van der Waals surface area (Å²) in [5.74, 6) is 1.85. The molecule has 1 spiro atoms. The number of hydrogen-bond acceptors (Lipinski definition) is 2. The molecule has 3 aromatic carbocycles. The largest absolute Gasteiger partial charge is 0.455 e. The fourth-order valence-electron chi connectivity index (χ4n) is 7.08. The molecule has 180 valence electrons. The van der Waals surface area contributed by atoms with Gasteiger partial charge in [0.2, 0.25) is 11.9 Å². The van der Waals surface area contributed by atoms with Gasteiger partial charge in [-0.25, -0.2) is 0 Å². The Hall–Kier alpha value is -4.48. The van der Waals surface area contributed by atoms with E-state index in [2.05, 4.69) is 131 Å². The highest BCUT2D eigenvalue weighted by Crippen LogP contribution is 2.56. The van der Waals surface area contributed by atoms with Crippen molar-refractivity contribution in [3.63, 3.8) is 0 Å². The van der Waals surface area contributed by atoms with Crippen LogP contribution in [0.2, 0.25) is 0 Å². The molecule has 1 atom stereocenters. The molecular weight excluding hydrogens is 486 g/mol. The van der Waals surface area contributed by atoms with Gasteiger partial charge in [0.1, 0.15) is 17.2 Å². The lowest BCUT2D eigenvalue weighted by Crippen LogP contribution is -2.74. The monoisotopic (exact) mass is 509 g/mol. The minimum Gasteiger partial charge on any atom is -0.455 e. The van der Waals surface area contributed by atoms with E-state index in [9.17, 15) is 0 Å². The third-order valence-corrected chi connectivity index (χ3v) is 9.56. The van der Waals surface area contributed by atoms with E-state index in [1.807, 2.05) is 11.3 Å². The minimum atomic E-state index is -0.541. The number of nitrogens with zero attached hydrogens (tertiary/aromatic N) is 3. The smallest absolute Gasteiger partial charge is 0.447 e. The Morgan fingerprint density at radius 3 is 2.45 bits per heavy atom. The second kappa shape index (κ2) is 6.88. The number of ether oxygens (including phenoxy) is 1. The molecule has 6 aromatic rings. The Morgan fingerprint density at radius 1 is 0.789 bits per heavy atom. The van der Waals surface area contributed by atoms with Crippen LogP contribution in [0.25, 0.3) is 37.8 Å². The van der Waals surface area contributed by atoms with E-state index in [-0.39, 0.29) is 0 Å². The summed E-state index contributed by atoms with van der Waals surface area (Å²) in [4.78, 5) is 2.58. The molecule has 3 aliphatic rings. The van der Waals surface area contributed by atoms with Crippen LogP contribution in [0.5, 0.6) is 11.5 Å². The summed E-state index contributed by atoms with van der Waals surface area (Å²) in [5, 5.41) is 0. The van der Waals surface area contributed by atoms with E-state index >= 15 is 0 Å². The van der Waals surface area contributed by atoms with Gasteiger partial charge in [-0.15, -0.1) is 20.6 Å². The molecule has 5 heteroatoms. The Bertz CT molecular complexity index is 1980. The van der Waals surface area contributed by atoms with Gasteiger partial charge in [-0.05, 0) is 59.1 Å². The van der Waals surface area contributed by atoms with Gasteiger partial charge in [0.25, 0.3) is 0 Å². The number of aromatic nitrogens is 3. The number of benzene rings is 3. The Labute approximate surface area is 224 Å². The zero-order chi connectivity index (χ0) is 25.2. The molecule has 0 saturated carbocycles. The lowest BCUT2D eigenvalue weighted by Gasteiger charge is -2.25. The molecule has 0 saturated heterocycles. The summed E-state index contributed by atoms with van der Waals surface area (Å²) in [6.45, 7) is 4.54. The van der Waals surface area contributed by atoms with Crippen LogP contribution in [0, 0.1) is 13.8 Å². The zero-order valence-corrected chi connectivity index (χ0v) is 21.8. The summed E-state index contributed by atoms with van der Waals surface area (Å²) in [6, 6.07) is 32.6. The lowest BCUT2D eigenvalue weighted by atomic mass is 9.87. The van der Waals surface area contributed by atoms with Crippen molar-refractivity contribution < 1.29 is 14.0 Å². The van der Waals surface area contributed by atoms with Gasteiger partial charge in [-0.1, -0.05) is 42.5 Å². The topological polar surface area (TPSA) is 21.9 Å². The number of pyridine rings is 1. The van der Waals surface area contributed by atoms with E-state index < -0.39 is 5.66 Å². The number of hydrogen-bond donors (Lipinski definition) is 0. The van der Waals surface area contributed by atoms with E-state index in [0.29, 0.717) is 0 Å². The highest BCUT2D eigenvalue weighted by atomic mass is 32.1. The summed E-state index contributed by atoms with van der Waals surface area (Å²) < 4.78 is 13.8. The van der Waals surface area contributed by atoms with E-state index in [1.54, 1.807) is 0 Å². The van der Waals surface area contributed by atoms with E-state index in [4.69, 9.17) is 4.74 Å². The van der Waals surface area contributed by atoms with Gasteiger partial charge >= 0.3 is 5.66 Å². The standard InChI is InChI=1S/C33H23N3OS/c1-20-19-25-23-11-6-13-26-31(23)33(32-24(12-7-14-27(32)37-26)34-17-8-18-35(33)34)36(25)21(2)30(20)29-16-15-28(38-29)22-9-4-3-5-10-22/h3-19H,1-2H3/q+2. The average Bonchev–Trinajstić information content (AvgIpc) is 3.71. The molecule has 0 N–H and O–H groups in total. The molecule has 1 unspecified atom stereocenters. The Morgan fingerprint density at radius 2 is 1.58 bits per heavy atom. The molecule has 0 amide bonds. The number of thiophene rings is 1. The molecule has 9 rings (SSSR count). The molecule has 0 aliphatic carbocycles. The third kappa shape index (κ3) is 2.24.